The fourth-order valence-corrected chi connectivity index (χ4v) is 1.63. The van der Waals surface area contributed by atoms with Crippen molar-refractivity contribution >= 4 is 5.97 Å². The molecule has 0 saturated carbocycles. The Hall–Kier alpha value is -1.51. The number of hydrogen-bond donors (Lipinski definition) is 0. The lowest BCUT2D eigenvalue weighted by Gasteiger charge is -2.25. The van der Waals surface area contributed by atoms with Crippen molar-refractivity contribution in [3.8, 4) is 5.75 Å². The summed E-state index contributed by atoms with van der Waals surface area (Å²) >= 11 is 0. The molecule has 1 atom stereocenters. The second-order valence-corrected chi connectivity index (χ2v) is 3.27. The number of para-hydroxylation sites is 1. The van der Waals surface area contributed by atoms with Crippen molar-refractivity contribution in [1.29, 1.82) is 0 Å². The highest BCUT2D eigenvalue weighted by molar-refractivity contribution is 5.66. The highest BCUT2D eigenvalue weighted by atomic mass is 16.5. The van der Waals surface area contributed by atoms with Crippen LogP contribution in [-0.2, 0) is 9.53 Å². The molecule has 0 saturated heterocycles. The van der Waals surface area contributed by atoms with Gasteiger partial charge in [0.2, 0.25) is 0 Å². The molecule has 0 spiro atoms. The molecule has 2 rings (SSSR count). The van der Waals surface area contributed by atoms with Crippen LogP contribution < -0.4 is 4.74 Å². The van der Waals surface area contributed by atoms with Gasteiger partial charge in [-0.25, -0.2) is 0 Å². The van der Waals surface area contributed by atoms with Gasteiger partial charge in [0.05, 0.1) is 6.61 Å². The van der Waals surface area contributed by atoms with Crippen molar-refractivity contribution in [3.05, 3.63) is 29.8 Å². The summed E-state index contributed by atoms with van der Waals surface area (Å²) < 4.78 is 10.6. The third-order valence-electron chi connectivity index (χ3n) is 2.21. The number of esters is 1. The highest BCUT2D eigenvalue weighted by Crippen LogP contribution is 2.33. The number of ether oxygens (including phenoxy) is 2. The van der Waals surface area contributed by atoms with E-state index in [1.165, 1.54) is 6.92 Å². The van der Waals surface area contributed by atoms with Gasteiger partial charge >= 0.3 is 5.97 Å². The number of carbonyl (C=O) groups excluding carboxylic acids is 1. The van der Waals surface area contributed by atoms with Crippen LogP contribution in [0.1, 0.15) is 25.0 Å². The normalized spacial score (nSPS) is 19.4. The molecular weight excluding hydrogens is 180 g/mol. The second kappa shape index (κ2) is 3.70. The zero-order valence-electron chi connectivity index (χ0n) is 8.03. The Morgan fingerprint density at radius 2 is 2.29 bits per heavy atom. The standard InChI is InChI=1S/C11H12O3/c1-8(12)14-11-6-7-13-10-5-3-2-4-9(10)11/h2-5,11H,6-7H2,1H3/t11-/m0/s1. The number of fused-ring (bicyclic) bond motifs is 1. The summed E-state index contributed by atoms with van der Waals surface area (Å²) in [6, 6.07) is 7.66. The molecule has 0 aliphatic carbocycles. The summed E-state index contributed by atoms with van der Waals surface area (Å²) in [5.41, 5.74) is 0.967. The van der Waals surface area contributed by atoms with Crippen LogP contribution in [0.25, 0.3) is 0 Å². The van der Waals surface area contributed by atoms with Gasteiger partial charge in [-0.3, -0.25) is 4.79 Å². The molecule has 0 unspecified atom stereocenters. The molecule has 3 nitrogen and oxygen atoms in total. The summed E-state index contributed by atoms with van der Waals surface area (Å²) in [4.78, 5) is 10.9. The number of carbonyl (C=O) groups is 1. The fraction of sp³-hybridized carbons (Fsp3) is 0.364. The Labute approximate surface area is 82.6 Å². The molecule has 1 aliphatic rings. The summed E-state index contributed by atoms with van der Waals surface area (Å²) in [6.07, 6.45) is 0.591. The predicted molar refractivity (Wildman–Crippen MR) is 51.1 cm³/mol. The quantitative estimate of drug-likeness (QED) is 0.639. The van der Waals surface area contributed by atoms with Crippen LogP contribution in [0.15, 0.2) is 24.3 Å². The summed E-state index contributed by atoms with van der Waals surface area (Å²) in [5, 5.41) is 0. The number of hydrogen-bond acceptors (Lipinski definition) is 3. The van der Waals surface area contributed by atoms with Crippen molar-refractivity contribution < 1.29 is 14.3 Å². The van der Waals surface area contributed by atoms with E-state index in [0.29, 0.717) is 6.61 Å². The Morgan fingerprint density at radius 1 is 1.50 bits per heavy atom. The zero-order chi connectivity index (χ0) is 9.97. The third-order valence-corrected chi connectivity index (χ3v) is 2.21. The molecular formula is C11H12O3. The van der Waals surface area contributed by atoms with Crippen molar-refractivity contribution in [3.63, 3.8) is 0 Å². The van der Waals surface area contributed by atoms with Crippen LogP contribution in [0.5, 0.6) is 5.75 Å². The molecule has 0 bridgehead atoms. The van der Waals surface area contributed by atoms with E-state index in [-0.39, 0.29) is 12.1 Å². The van der Waals surface area contributed by atoms with E-state index in [2.05, 4.69) is 0 Å². The molecule has 1 aliphatic heterocycles. The Kier molecular flexibility index (Phi) is 2.39. The smallest absolute Gasteiger partial charge is 0.303 e. The Bertz CT molecular complexity index is 346. The van der Waals surface area contributed by atoms with E-state index in [9.17, 15) is 4.79 Å². The molecule has 0 fully saturated rings. The van der Waals surface area contributed by atoms with Gasteiger partial charge < -0.3 is 9.47 Å². The van der Waals surface area contributed by atoms with Crippen molar-refractivity contribution in [2.75, 3.05) is 6.61 Å². The van der Waals surface area contributed by atoms with E-state index in [1.54, 1.807) is 0 Å². The van der Waals surface area contributed by atoms with Gasteiger partial charge in [-0.05, 0) is 6.07 Å². The van der Waals surface area contributed by atoms with Crippen LogP contribution in [0, 0.1) is 0 Å². The summed E-state index contributed by atoms with van der Waals surface area (Å²) in [6.45, 7) is 2.03. The molecule has 3 heteroatoms. The minimum Gasteiger partial charge on any atom is -0.493 e. The fourth-order valence-electron chi connectivity index (χ4n) is 1.63. The zero-order valence-corrected chi connectivity index (χ0v) is 8.03. The maximum atomic E-state index is 10.9. The van der Waals surface area contributed by atoms with Crippen LogP contribution >= 0.6 is 0 Å². The van der Waals surface area contributed by atoms with Crippen LogP contribution in [0.3, 0.4) is 0 Å². The highest BCUT2D eigenvalue weighted by Gasteiger charge is 2.22. The topological polar surface area (TPSA) is 35.5 Å². The maximum Gasteiger partial charge on any atom is 0.303 e. The molecule has 1 aromatic rings. The molecule has 14 heavy (non-hydrogen) atoms. The Balaban J connectivity index is 2.26. The Morgan fingerprint density at radius 3 is 3.07 bits per heavy atom. The average Bonchev–Trinajstić information content (AvgIpc) is 2.18. The van der Waals surface area contributed by atoms with Gasteiger partial charge in [-0.1, -0.05) is 18.2 Å². The number of benzene rings is 1. The van der Waals surface area contributed by atoms with E-state index >= 15 is 0 Å². The molecule has 74 valence electrons. The lowest BCUT2D eigenvalue weighted by molar-refractivity contribution is -0.147. The number of rotatable bonds is 1. The van der Waals surface area contributed by atoms with Crippen molar-refractivity contribution in [2.24, 2.45) is 0 Å². The van der Waals surface area contributed by atoms with Crippen LogP contribution in [0.2, 0.25) is 0 Å². The van der Waals surface area contributed by atoms with Gasteiger partial charge in [0.15, 0.2) is 0 Å². The third kappa shape index (κ3) is 1.71. The van der Waals surface area contributed by atoms with E-state index in [0.717, 1.165) is 17.7 Å². The average molecular weight is 192 g/mol. The van der Waals surface area contributed by atoms with E-state index in [4.69, 9.17) is 9.47 Å². The molecule has 0 aromatic heterocycles. The first-order valence-electron chi connectivity index (χ1n) is 4.66. The SMILES string of the molecule is CC(=O)O[C@H]1CCOc2ccccc21. The molecule has 0 N–H and O–H groups in total. The molecule has 0 radical (unpaired) electrons. The first-order chi connectivity index (χ1) is 6.77. The first kappa shape index (κ1) is 9.06. The molecule has 1 aromatic carbocycles. The second-order valence-electron chi connectivity index (χ2n) is 3.27. The van der Waals surface area contributed by atoms with E-state index in [1.807, 2.05) is 24.3 Å². The van der Waals surface area contributed by atoms with Crippen LogP contribution in [-0.4, -0.2) is 12.6 Å². The van der Waals surface area contributed by atoms with Crippen molar-refractivity contribution in [2.45, 2.75) is 19.4 Å². The summed E-state index contributed by atoms with van der Waals surface area (Å²) in [7, 11) is 0. The summed E-state index contributed by atoms with van der Waals surface area (Å²) in [5.74, 6) is 0.580. The van der Waals surface area contributed by atoms with Gasteiger partial charge in [0.1, 0.15) is 11.9 Å². The van der Waals surface area contributed by atoms with Gasteiger partial charge in [0, 0.05) is 18.9 Å². The maximum absolute atomic E-state index is 10.9. The van der Waals surface area contributed by atoms with Crippen molar-refractivity contribution in [1.82, 2.24) is 0 Å². The molecule has 0 amide bonds. The van der Waals surface area contributed by atoms with Crippen LogP contribution in [0.4, 0.5) is 0 Å². The predicted octanol–water partition coefficient (Wildman–Crippen LogP) is 2.07. The van der Waals surface area contributed by atoms with Gasteiger partial charge in [0.25, 0.3) is 0 Å². The molecule has 1 heterocycles. The minimum atomic E-state index is -0.244. The van der Waals surface area contributed by atoms with Gasteiger partial charge in [-0.15, -0.1) is 0 Å². The lowest BCUT2D eigenvalue weighted by Crippen LogP contribution is -2.18. The van der Waals surface area contributed by atoms with E-state index < -0.39 is 0 Å². The lowest BCUT2D eigenvalue weighted by atomic mass is 10.0. The first-order valence-corrected chi connectivity index (χ1v) is 4.66. The largest absolute Gasteiger partial charge is 0.493 e. The minimum absolute atomic E-state index is 0.141. The van der Waals surface area contributed by atoms with Gasteiger partial charge in [-0.2, -0.15) is 0 Å². The monoisotopic (exact) mass is 192 g/mol.